The highest BCUT2D eigenvalue weighted by Gasteiger charge is 2.42. The van der Waals surface area contributed by atoms with E-state index in [1.54, 1.807) is 32.0 Å². The number of rotatable bonds is 6. The van der Waals surface area contributed by atoms with E-state index < -0.39 is 43.9 Å². The zero-order valence-corrected chi connectivity index (χ0v) is 25.5. The summed E-state index contributed by atoms with van der Waals surface area (Å²) in [6.45, 7) is 3.08. The molecule has 1 saturated carbocycles. The maximum atomic E-state index is 16.3. The summed E-state index contributed by atoms with van der Waals surface area (Å²) in [6.07, 6.45) is 3.11. The number of hydrogen-bond acceptors (Lipinski definition) is 5. The fourth-order valence-corrected chi connectivity index (χ4v) is 7.03. The van der Waals surface area contributed by atoms with Crippen LogP contribution < -0.4 is 5.56 Å². The number of aromatic nitrogens is 2. The summed E-state index contributed by atoms with van der Waals surface area (Å²) in [5, 5.41) is -0.784. The number of amides is 1. The van der Waals surface area contributed by atoms with Crippen LogP contribution in [0.2, 0.25) is 5.02 Å². The van der Waals surface area contributed by atoms with Crippen molar-refractivity contribution >= 4 is 27.3 Å². The Morgan fingerprint density at radius 1 is 1.00 bits per heavy atom. The molecule has 2 aliphatic rings. The highest BCUT2D eigenvalue weighted by atomic mass is 35.5. The second-order valence-corrected chi connectivity index (χ2v) is 14.2. The number of sulfone groups is 1. The molecule has 2 aromatic heterocycles. The van der Waals surface area contributed by atoms with Crippen molar-refractivity contribution in [3.8, 4) is 16.9 Å². The Bertz CT molecular complexity index is 2010. The van der Waals surface area contributed by atoms with Crippen molar-refractivity contribution < 1.29 is 26.4 Å². The smallest absolute Gasteiger partial charge is 0.274 e. The Morgan fingerprint density at radius 3 is 2.34 bits per heavy atom. The van der Waals surface area contributed by atoms with E-state index in [4.69, 9.17) is 11.6 Å². The molecule has 1 aliphatic carbocycles. The molecule has 0 radical (unpaired) electrons. The number of aryl methyl sites for hydroxylation is 2. The molecule has 6 rings (SSSR count). The monoisotopic (exact) mass is 641 g/mol. The number of nitrogens with zero attached hydrogens (tertiary/aromatic N) is 3. The molecule has 0 bridgehead atoms. The SMILES string of the molecule is Cc1cnc(-c2cccc(C(=O)N3CC(S(C)(=O)=O)C3)c2F)c(F)c1-n1c(C)cc([C@@H]2CC2c2ccc(F)cc2)c(Cl)c1=O. The van der Waals surface area contributed by atoms with Gasteiger partial charge in [0.05, 0.1) is 16.5 Å². The lowest BCUT2D eigenvalue weighted by Crippen LogP contribution is -2.56. The number of benzene rings is 2. The minimum atomic E-state index is -3.35. The summed E-state index contributed by atoms with van der Waals surface area (Å²) in [4.78, 5) is 31.9. The minimum Gasteiger partial charge on any atom is -0.336 e. The first kappa shape index (κ1) is 30.1. The van der Waals surface area contributed by atoms with Gasteiger partial charge < -0.3 is 4.90 Å². The van der Waals surface area contributed by atoms with Gasteiger partial charge in [0.25, 0.3) is 11.5 Å². The molecule has 12 heteroatoms. The number of hydrogen-bond donors (Lipinski definition) is 0. The standard InChI is InChI=1S/C32H27ClF3N3O4S/c1-16-13-37-29(21-5-4-6-22(27(21)35)31(40)38-14-20(15-38)44(3,42)43)28(36)30(16)39-17(2)11-25(26(33)32(39)41)24-12-23(24)18-7-9-19(34)10-8-18/h4-11,13,20,23-24H,12,14-15H2,1-3H3/t23?,24-/m1/s1. The van der Waals surface area contributed by atoms with Gasteiger partial charge in [-0.25, -0.2) is 21.6 Å². The van der Waals surface area contributed by atoms with Gasteiger partial charge in [-0.3, -0.25) is 19.1 Å². The van der Waals surface area contributed by atoms with Crippen LogP contribution in [0.4, 0.5) is 13.2 Å². The number of pyridine rings is 2. The predicted molar refractivity (Wildman–Crippen MR) is 161 cm³/mol. The van der Waals surface area contributed by atoms with Crippen molar-refractivity contribution in [2.24, 2.45) is 0 Å². The molecule has 7 nitrogen and oxygen atoms in total. The maximum absolute atomic E-state index is 16.3. The van der Waals surface area contributed by atoms with Gasteiger partial charge in [0.1, 0.15) is 22.4 Å². The molecule has 1 saturated heterocycles. The molecule has 1 unspecified atom stereocenters. The molecule has 1 aliphatic heterocycles. The van der Waals surface area contributed by atoms with Crippen LogP contribution in [0.5, 0.6) is 0 Å². The fraction of sp³-hybridized carbons (Fsp3) is 0.281. The number of halogens is 4. The molecule has 2 aromatic carbocycles. The predicted octanol–water partition coefficient (Wildman–Crippen LogP) is 5.73. The first-order chi connectivity index (χ1) is 20.8. The Morgan fingerprint density at radius 2 is 1.68 bits per heavy atom. The number of carbonyl (C=O) groups excluding carboxylic acids is 1. The summed E-state index contributed by atoms with van der Waals surface area (Å²) in [5.74, 6) is -3.03. The van der Waals surface area contributed by atoms with Gasteiger partial charge in [0.2, 0.25) is 0 Å². The molecule has 44 heavy (non-hydrogen) atoms. The van der Waals surface area contributed by atoms with E-state index in [2.05, 4.69) is 4.98 Å². The zero-order chi connectivity index (χ0) is 31.7. The molecule has 1 amide bonds. The molecule has 3 heterocycles. The van der Waals surface area contributed by atoms with E-state index in [9.17, 15) is 22.4 Å². The molecule has 2 atom stereocenters. The van der Waals surface area contributed by atoms with E-state index in [1.165, 1.54) is 41.4 Å². The van der Waals surface area contributed by atoms with Gasteiger partial charge in [-0.1, -0.05) is 29.8 Å². The third-order valence-corrected chi connectivity index (χ3v) is 10.4. The van der Waals surface area contributed by atoms with Crippen LogP contribution in [-0.4, -0.2) is 53.4 Å². The second-order valence-electron chi connectivity index (χ2n) is 11.5. The minimum absolute atomic E-state index is 0.0542. The van der Waals surface area contributed by atoms with E-state index in [0.717, 1.165) is 22.8 Å². The van der Waals surface area contributed by atoms with E-state index in [1.807, 2.05) is 0 Å². The van der Waals surface area contributed by atoms with Crippen molar-refractivity contribution in [2.45, 2.75) is 37.4 Å². The largest absolute Gasteiger partial charge is 0.336 e. The lowest BCUT2D eigenvalue weighted by Gasteiger charge is -2.38. The lowest BCUT2D eigenvalue weighted by molar-refractivity contribution is 0.0654. The average Bonchev–Trinajstić information content (AvgIpc) is 3.72. The van der Waals surface area contributed by atoms with E-state index >= 15 is 8.78 Å². The highest BCUT2D eigenvalue weighted by molar-refractivity contribution is 7.91. The van der Waals surface area contributed by atoms with Crippen LogP contribution in [0, 0.1) is 31.3 Å². The normalized spacial score (nSPS) is 18.3. The summed E-state index contributed by atoms with van der Waals surface area (Å²) in [5.41, 5.74) is 0.426. The Balaban J connectivity index is 1.36. The van der Waals surface area contributed by atoms with Crippen LogP contribution in [0.15, 0.2) is 59.5 Å². The third-order valence-electron chi connectivity index (χ3n) is 8.47. The second kappa shape index (κ2) is 10.9. The summed E-state index contributed by atoms with van der Waals surface area (Å²) in [7, 11) is -3.35. The summed E-state index contributed by atoms with van der Waals surface area (Å²) < 4.78 is 70.1. The first-order valence-corrected chi connectivity index (χ1v) is 16.2. The summed E-state index contributed by atoms with van der Waals surface area (Å²) >= 11 is 6.59. The van der Waals surface area contributed by atoms with Crippen molar-refractivity contribution in [3.63, 3.8) is 0 Å². The topological polar surface area (TPSA) is 89.3 Å². The third kappa shape index (κ3) is 5.11. The Kier molecular flexibility index (Phi) is 7.44. The van der Waals surface area contributed by atoms with Gasteiger partial charge in [-0.2, -0.15) is 0 Å². The number of likely N-dealkylation sites (tertiary alicyclic amines) is 1. The Hall–Kier alpha value is -3.96. The van der Waals surface area contributed by atoms with Crippen LogP contribution in [0.1, 0.15) is 51.0 Å². The lowest BCUT2D eigenvalue weighted by atomic mass is 10.0. The van der Waals surface area contributed by atoms with Gasteiger partial charge in [-0.05, 0) is 79.1 Å². The molecular weight excluding hydrogens is 615 g/mol. The highest BCUT2D eigenvalue weighted by Crippen LogP contribution is 2.55. The van der Waals surface area contributed by atoms with Gasteiger partial charge in [-0.15, -0.1) is 0 Å². The van der Waals surface area contributed by atoms with E-state index in [0.29, 0.717) is 16.8 Å². The van der Waals surface area contributed by atoms with E-state index in [-0.39, 0.29) is 52.6 Å². The fourth-order valence-electron chi connectivity index (χ4n) is 5.85. The van der Waals surface area contributed by atoms with Crippen molar-refractivity contribution in [1.29, 1.82) is 0 Å². The molecule has 0 N–H and O–H groups in total. The van der Waals surface area contributed by atoms with Crippen LogP contribution in [0.25, 0.3) is 16.9 Å². The van der Waals surface area contributed by atoms with Crippen LogP contribution in [0.3, 0.4) is 0 Å². The van der Waals surface area contributed by atoms with Crippen molar-refractivity contribution in [3.05, 3.63) is 116 Å². The average molecular weight is 642 g/mol. The quantitative estimate of drug-likeness (QED) is 0.268. The molecule has 2 fully saturated rings. The first-order valence-electron chi connectivity index (χ1n) is 13.9. The number of carbonyl (C=O) groups is 1. The van der Waals surface area contributed by atoms with Gasteiger partial charge in [0, 0.05) is 36.8 Å². The molecule has 0 spiro atoms. The Labute approximate surface area is 256 Å². The summed E-state index contributed by atoms with van der Waals surface area (Å²) in [6, 6.07) is 11.8. The van der Waals surface area contributed by atoms with Crippen LogP contribution in [-0.2, 0) is 9.84 Å². The molecule has 4 aromatic rings. The van der Waals surface area contributed by atoms with Crippen molar-refractivity contribution in [2.75, 3.05) is 19.3 Å². The maximum Gasteiger partial charge on any atom is 0.274 e. The van der Waals surface area contributed by atoms with Gasteiger partial charge >= 0.3 is 0 Å². The van der Waals surface area contributed by atoms with Gasteiger partial charge in [0.15, 0.2) is 15.7 Å². The van der Waals surface area contributed by atoms with Crippen molar-refractivity contribution in [1.82, 2.24) is 14.5 Å². The van der Waals surface area contributed by atoms with Crippen LogP contribution >= 0.6 is 11.6 Å². The molecule has 228 valence electrons. The molecular formula is C32H27ClF3N3O4S. The zero-order valence-electron chi connectivity index (χ0n) is 23.9.